The Hall–Kier alpha value is -1.69. The monoisotopic (exact) mass is 276 g/mol. The molecule has 1 saturated heterocycles. The Morgan fingerprint density at radius 3 is 2.60 bits per heavy atom. The standard InChI is InChI=1S/C14H20N4O2/c19-14(18-7-9-20-10-8-18)12-5-6-13(17-16-12)15-11-3-1-2-4-11/h5-6,11H,1-4,7-10H2,(H,15,17). The predicted molar refractivity (Wildman–Crippen MR) is 74.6 cm³/mol. The van der Waals surface area contributed by atoms with E-state index in [0.29, 0.717) is 38.0 Å². The van der Waals surface area contributed by atoms with Gasteiger partial charge in [-0.2, -0.15) is 0 Å². The van der Waals surface area contributed by atoms with E-state index < -0.39 is 0 Å². The summed E-state index contributed by atoms with van der Waals surface area (Å²) >= 11 is 0. The van der Waals surface area contributed by atoms with Crippen LogP contribution in [0.4, 0.5) is 5.82 Å². The number of rotatable bonds is 3. The van der Waals surface area contributed by atoms with Crippen molar-refractivity contribution >= 4 is 11.7 Å². The smallest absolute Gasteiger partial charge is 0.274 e. The first-order valence-corrected chi connectivity index (χ1v) is 7.30. The number of anilines is 1. The second kappa shape index (κ2) is 6.17. The van der Waals surface area contributed by atoms with Crippen LogP contribution in [0, 0.1) is 0 Å². The first-order valence-electron chi connectivity index (χ1n) is 7.30. The summed E-state index contributed by atoms with van der Waals surface area (Å²) in [6.45, 7) is 2.45. The third kappa shape index (κ3) is 3.07. The minimum absolute atomic E-state index is 0.0618. The van der Waals surface area contributed by atoms with E-state index in [-0.39, 0.29) is 5.91 Å². The number of hydrogen-bond acceptors (Lipinski definition) is 5. The minimum atomic E-state index is -0.0618. The van der Waals surface area contributed by atoms with Gasteiger partial charge in [0.1, 0.15) is 5.82 Å². The van der Waals surface area contributed by atoms with Gasteiger partial charge in [-0.1, -0.05) is 12.8 Å². The lowest BCUT2D eigenvalue weighted by molar-refractivity contribution is 0.0298. The SMILES string of the molecule is O=C(c1ccc(NC2CCCC2)nn1)N1CCOCC1. The number of carbonyl (C=O) groups is 1. The molecule has 2 fully saturated rings. The molecule has 1 aromatic heterocycles. The summed E-state index contributed by atoms with van der Waals surface area (Å²) in [5.74, 6) is 0.698. The summed E-state index contributed by atoms with van der Waals surface area (Å²) in [5, 5.41) is 11.5. The molecule has 1 saturated carbocycles. The van der Waals surface area contributed by atoms with Gasteiger partial charge in [0.2, 0.25) is 0 Å². The highest BCUT2D eigenvalue weighted by Gasteiger charge is 2.20. The molecule has 1 amide bonds. The van der Waals surface area contributed by atoms with Crippen LogP contribution in [0.2, 0.25) is 0 Å². The molecule has 0 spiro atoms. The third-order valence-electron chi connectivity index (χ3n) is 3.89. The second-order valence-electron chi connectivity index (χ2n) is 5.33. The maximum absolute atomic E-state index is 12.2. The topological polar surface area (TPSA) is 67.4 Å². The fourth-order valence-electron chi connectivity index (χ4n) is 2.73. The van der Waals surface area contributed by atoms with E-state index in [1.807, 2.05) is 6.07 Å². The van der Waals surface area contributed by atoms with Crippen molar-refractivity contribution in [1.82, 2.24) is 15.1 Å². The van der Waals surface area contributed by atoms with Crippen LogP contribution in [0.25, 0.3) is 0 Å². The van der Waals surface area contributed by atoms with Crippen molar-refractivity contribution in [2.45, 2.75) is 31.7 Å². The number of nitrogens with zero attached hydrogens (tertiary/aromatic N) is 3. The molecular weight excluding hydrogens is 256 g/mol. The molecule has 108 valence electrons. The summed E-state index contributed by atoms with van der Waals surface area (Å²) in [4.78, 5) is 14.0. The molecule has 0 aromatic carbocycles. The molecular formula is C14H20N4O2. The number of carbonyl (C=O) groups excluding carboxylic acids is 1. The molecule has 0 unspecified atom stereocenters. The van der Waals surface area contributed by atoms with Gasteiger partial charge in [-0.3, -0.25) is 4.79 Å². The molecule has 1 aromatic rings. The number of aromatic nitrogens is 2. The average molecular weight is 276 g/mol. The van der Waals surface area contributed by atoms with Crippen LogP contribution in [0.15, 0.2) is 12.1 Å². The highest BCUT2D eigenvalue weighted by atomic mass is 16.5. The first-order chi connectivity index (χ1) is 9.83. The minimum Gasteiger partial charge on any atom is -0.378 e. The van der Waals surface area contributed by atoms with Crippen molar-refractivity contribution < 1.29 is 9.53 Å². The van der Waals surface area contributed by atoms with Crippen LogP contribution in [0.5, 0.6) is 0 Å². The Kier molecular flexibility index (Phi) is 4.11. The highest BCUT2D eigenvalue weighted by molar-refractivity contribution is 5.92. The summed E-state index contributed by atoms with van der Waals surface area (Å²) in [6.07, 6.45) is 4.93. The van der Waals surface area contributed by atoms with E-state index in [0.717, 1.165) is 5.82 Å². The molecule has 1 aliphatic carbocycles. The summed E-state index contributed by atoms with van der Waals surface area (Å²) in [5.41, 5.74) is 0.406. The van der Waals surface area contributed by atoms with Crippen LogP contribution >= 0.6 is 0 Å². The molecule has 1 N–H and O–H groups in total. The zero-order chi connectivity index (χ0) is 13.8. The van der Waals surface area contributed by atoms with Crippen LogP contribution in [0.1, 0.15) is 36.2 Å². The van der Waals surface area contributed by atoms with Crippen molar-refractivity contribution in [2.75, 3.05) is 31.6 Å². The zero-order valence-electron chi connectivity index (χ0n) is 11.5. The van der Waals surface area contributed by atoms with Crippen LogP contribution in [-0.2, 0) is 4.74 Å². The van der Waals surface area contributed by atoms with Gasteiger partial charge in [0.05, 0.1) is 13.2 Å². The summed E-state index contributed by atoms with van der Waals surface area (Å²) < 4.78 is 5.24. The fraction of sp³-hybridized carbons (Fsp3) is 0.643. The number of hydrogen-bond donors (Lipinski definition) is 1. The van der Waals surface area contributed by atoms with Gasteiger partial charge < -0.3 is 15.0 Å². The van der Waals surface area contributed by atoms with E-state index in [9.17, 15) is 4.79 Å². The van der Waals surface area contributed by atoms with Crippen LogP contribution in [-0.4, -0.2) is 53.3 Å². The first kappa shape index (κ1) is 13.3. The molecule has 2 aliphatic rings. The van der Waals surface area contributed by atoms with Gasteiger partial charge in [-0.25, -0.2) is 0 Å². The fourth-order valence-corrected chi connectivity index (χ4v) is 2.73. The van der Waals surface area contributed by atoms with Crippen LogP contribution < -0.4 is 5.32 Å². The highest BCUT2D eigenvalue weighted by Crippen LogP contribution is 2.21. The maximum atomic E-state index is 12.2. The van der Waals surface area contributed by atoms with E-state index in [1.54, 1.807) is 11.0 Å². The average Bonchev–Trinajstić information content (AvgIpc) is 3.01. The Labute approximate surface area is 118 Å². The van der Waals surface area contributed by atoms with Crippen molar-refractivity contribution in [3.63, 3.8) is 0 Å². The van der Waals surface area contributed by atoms with Gasteiger partial charge in [-0.15, -0.1) is 10.2 Å². The van der Waals surface area contributed by atoms with Gasteiger partial charge >= 0.3 is 0 Å². The summed E-state index contributed by atoms with van der Waals surface area (Å²) in [6, 6.07) is 4.10. The second-order valence-corrected chi connectivity index (χ2v) is 5.33. The van der Waals surface area contributed by atoms with Crippen molar-refractivity contribution in [1.29, 1.82) is 0 Å². The maximum Gasteiger partial charge on any atom is 0.274 e. The Balaban J connectivity index is 1.61. The molecule has 0 bridgehead atoms. The van der Waals surface area contributed by atoms with E-state index in [1.165, 1.54) is 25.7 Å². The predicted octanol–water partition coefficient (Wildman–Crippen LogP) is 1.30. The zero-order valence-corrected chi connectivity index (χ0v) is 11.5. The van der Waals surface area contributed by atoms with Gasteiger partial charge in [0, 0.05) is 19.1 Å². The van der Waals surface area contributed by atoms with E-state index in [2.05, 4.69) is 15.5 Å². The third-order valence-corrected chi connectivity index (χ3v) is 3.89. The largest absolute Gasteiger partial charge is 0.378 e. The lowest BCUT2D eigenvalue weighted by Crippen LogP contribution is -2.41. The molecule has 6 heteroatoms. The molecule has 3 rings (SSSR count). The van der Waals surface area contributed by atoms with Crippen molar-refractivity contribution in [3.8, 4) is 0 Å². The summed E-state index contributed by atoms with van der Waals surface area (Å²) in [7, 11) is 0. The van der Waals surface area contributed by atoms with Crippen molar-refractivity contribution in [3.05, 3.63) is 17.8 Å². The lowest BCUT2D eigenvalue weighted by Gasteiger charge is -2.26. The number of nitrogens with one attached hydrogen (secondary N) is 1. The molecule has 0 radical (unpaired) electrons. The Bertz CT molecular complexity index is 451. The number of ether oxygens (including phenoxy) is 1. The van der Waals surface area contributed by atoms with Crippen molar-refractivity contribution in [2.24, 2.45) is 0 Å². The Morgan fingerprint density at radius 1 is 1.20 bits per heavy atom. The molecule has 2 heterocycles. The van der Waals surface area contributed by atoms with Gasteiger partial charge in [0.15, 0.2) is 5.69 Å². The van der Waals surface area contributed by atoms with E-state index in [4.69, 9.17) is 4.74 Å². The van der Waals surface area contributed by atoms with Gasteiger partial charge in [0.25, 0.3) is 5.91 Å². The quantitative estimate of drug-likeness (QED) is 0.901. The van der Waals surface area contributed by atoms with Gasteiger partial charge in [-0.05, 0) is 25.0 Å². The Morgan fingerprint density at radius 2 is 1.95 bits per heavy atom. The number of amides is 1. The normalized spacial score (nSPS) is 20.1. The molecule has 20 heavy (non-hydrogen) atoms. The van der Waals surface area contributed by atoms with E-state index >= 15 is 0 Å². The molecule has 6 nitrogen and oxygen atoms in total. The molecule has 1 aliphatic heterocycles. The van der Waals surface area contributed by atoms with Crippen LogP contribution in [0.3, 0.4) is 0 Å². The number of morpholine rings is 1. The molecule has 0 atom stereocenters. The lowest BCUT2D eigenvalue weighted by atomic mass is 10.2.